The molecule has 0 radical (unpaired) electrons. The Bertz CT molecular complexity index is 1190. The van der Waals surface area contributed by atoms with E-state index in [4.69, 9.17) is 28.4 Å². The molecule has 0 bridgehead atoms. The second-order valence-corrected chi connectivity index (χ2v) is 17.2. The van der Waals surface area contributed by atoms with Crippen LogP contribution < -0.4 is 0 Å². The summed E-state index contributed by atoms with van der Waals surface area (Å²) in [6.45, 7) is 17.5. The smallest absolute Gasteiger partial charge is 0.311 e. The van der Waals surface area contributed by atoms with Crippen LogP contribution in [0.25, 0.3) is 0 Å². The highest BCUT2D eigenvalue weighted by molar-refractivity contribution is 5.83. The molecule has 2 aliphatic heterocycles. The van der Waals surface area contributed by atoms with Crippen LogP contribution in [0.3, 0.4) is 0 Å². The van der Waals surface area contributed by atoms with E-state index in [2.05, 4.69) is 6.92 Å². The van der Waals surface area contributed by atoms with Gasteiger partial charge in [0, 0.05) is 44.4 Å². The fourth-order valence-electron chi connectivity index (χ4n) is 9.06. The predicted octanol–water partition coefficient (Wildman–Crippen LogP) is 3.10. The fourth-order valence-corrected chi connectivity index (χ4v) is 9.06. The van der Waals surface area contributed by atoms with Crippen molar-refractivity contribution in [3.05, 3.63) is 0 Å². The molecule has 13 nitrogen and oxygen atoms in total. The van der Waals surface area contributed by atoms with Crippen LogP contribution in [0.15, 0.2) is 0 Å². The largest absolute Gasteiger partial charge is 0.459 e. The summed E-state index contributed by atoms with van der Waals surface area (Å²) in [6, 6.07) is -0.158. The van der Waals surface area contributed by atoms with Crippen molar-refractivity contribution in [2.24, 2.45) is 29.6 Å². The van der Waals surface area contributed by atoms with E-state index in [9.17, 15) is 30.0 Å². The first kappa shape index (κ1) is 45.1. The Labute approximate surface area is 312 Å². The molecular formula is C39H71NO12. The summed E-state index contributed by atoms with van der Waals surface area (Å²) in [6.07, 6.45) is -6.56. The monoisotopic (exact) mass is 745 g/mol. The number of esters is 1. The number of hydrogen-bond donors (Lipinski definition) is 4. The van der Waals surface area contributed by atoms with Gasteiger partial charge in [-0.1, -0.05) is 34.6 Å². The van der Waals surface area contributed by atoms with E-state index in [0.717, 1.165) is 6.42 Å². The molecule has 304 valence electrons. The van der Waals surface area contributed by atoms with E-state index in [0.29, 0.717) is 6.42 Å². The molecule has 1 aliphatic carbocycles. The zero-order chi connectivity index (χ0) is 39.7. The first-order chi connectivity index (χ1) is 24.0. The highest BCUT2D eigenvalue weighted by atomic mass is 16.7. The number of carbonyl (C=O) groups is 2. The van der Waals surface area contributed by atoms with Crippen molar-refractivity contribution in [3.8, 4) is 0 Å². The molecule has 1 saturated carbocycles. The first-order valence-electron chi connectivity index (χ1n) is 19.2. The maximum atomic E-state index is 14.2. The van der Waals surface area contributed by atoms with Crippen molar-refractivity contribution in [2.75, 3.05) is 28.3 Å². The van der Waals surface area contributed by atoms with Crippen molar-refractivity contribution in [1.82, 2.24) is 4.90 Å². The third-order valence-electron chi connectivity index (χ3n) is 12.8. The molecule has 13 heteroatoms. The molecule has 52 heavy (non-hydrogen) atoms. The van der Waals surface area contributed by atoms with Gasteiger partial charge in [0.25, 0.3) is 0 Å². The normalized spacial score (nSPS) is 49.0. The number of methoxy groups -OCH3 is 2. The molecule has 0 amide bonds. The van der Waals surface area contributed by atoms with Crippen LogP contribution in [-0.4, -0.2) is 143 Å². The molecule has 3 rings (SSSR count). The number of carbonyl (C=O) groups excluding carboxylic acids is 2. The average Bonchev–Trinajstić information content (AvgIpc) is 3.09. The van der Waals surface area contributed by atoms with Crippen LogP contribution in [0.5, 0.6) is 0 Å². The molecule has 0 aromatic rings. The number of likely N-dealkylation sites (N-methyl/N-ethyl adjacent to an activating group) is 1. The van der Waals surface area contributed by atoms with Crippen LogP contribution in [0.1, 0.15) is 101 Å². The Hall–Kier alpha value is -1.26. The minimum atomic E-state index is -1.95. The van der Waals surface area contributed by atoms with Crippen LogP contribution in [0, 0.1) is 29.6 Å². The van der Waals surface area contributed by atoms with Crippen molar-refractivity contribution in [1.29, 1.82) is 0 Å². The maximum absolute atomic E-state index is 14.2. The number of aliphatic hydroxyl groups excluding tert-OH is 3. The lowest BCUT2D eigenvalue weighted by atomic mass is 9.73. The van der Waals surface area contributed by atoms with E-state index < -0.39 is 102 Å². The van der Waals surface area contributed by atoms with E-state index >= 15 is 0 Å². The molecule has 0 aromatic heterocycles. The molecule has 0 aromatic carbocycles. The number of hydrogen-bond acceptors (Lipinski definition) is 13. The Kier molecular flexibility index (Phi) is 15.3. The zero-order valence-corrected chi connectivity index (χ0v) is 34.2. The van der Waals surface area contributed by atoms with E-state index in [1.54, 1.807) is 48.7 Å². The van der Waals surface area contributed by atoms with E-state index in [-0.39, 0.29) is 37.0 Å². The quantitative estimate of drug-likeness (QED) is 0.267. The second kappa shape index (κ2) is 17.7. The standard InChI is InChI=1S/C39H71NO12/c1-15-28-39(10,46)33(43)22(4)30(41)21(3)18-38(9,48-14)35(50-27-17-20(2)16-26(31(27)42)40(11)12)23(5)32(24(6)36(45)51-28)52-29-19-37(8,47-13)34(44)25(7)49-29/h20-29,31-35,42-44,46H,15-19H2,1-14H3/t20-,21-,22+,23+,24-,25+,26+,27-,28-,29+,31-,32+,33-,34+,35-,37-,38-,39-/m1/s1. The summed E-state index contributed by atoms with van der Waals surface area (Å²) >= 11 is 0. The summed E-state index contributed by atoms with van der Waals surface area (Å²) in [7, 11) is 6.93. The number of nitrogens with zero attached hydrogens (tertiary/aromatic N) is 1. The fraction of sp³-hybridized carbons (Fsp3) is 0.949. The molecule has 0 unspecified atom stereocenters. The van der Waals surface area contributed by atoms with Gasteiger partial charge in [-0.3, -0.25) is 9.59 Å². The van der Waals surface area contributed by atoms with Crippen molar-refractivity contribution < 1.29 is 58.4 Å². The van der Waals surface area contributed by atoms with E-state index in [1.807, 2.05) is 32.8 Å². The number of cyclic esters (lactones) is 1. The van der Waals surface area contributed by atoms with Gasteiger partial charge in [-0.25, -0.2) is 0 Å². The molecule has 4 N–H and O–H groups in total. The van der Waals surface area contributed by atoms with Gasteiger partial charge in [-0.2, -0.15) is 0 Å². The lowest BCUT2D eigenvalue weighted by Crippen LogP contribution is -2.61. The Morgan fingerprint density at radius 1 is 0.846 bits per heavy atom. The van der Waals surface area contributed by atoms with Gasteiger partial charge in [0.1, 0.15) is 23.6 Å². The van der Waals surface area contributed by atoms with Crippen LogP contribution >= 0.6 is 0 Å². The summed E-state index contributed by atoms with van der Waals surface area (Å²) in [5, 5.41) is 45.7. The van der Waals surface area contributed by atoms with Crippen molar-refractivity contribution in [3.63, 3.8) is 0 Å². The van der Waals surface area contributed by atoms with Crippen molar-refractivity contribution in [2.45, 2.75) is 179 Å². The summed E-state index contributed by atoms with van der Waals surface area (Å²) in [5.41, 5.74) is -4.13. The molecule has 0 spiro atoms. The summed E-state index contributed by atoms with van der Waals surface area (Å²) in [5.74, 6) is -3.98. The molecule has 2 saturated heterocycles. The third-order valence-corrected chi connectivity index (χ3v) is 12.8. The first-order valence-corrected chi connectivity index (χ1v) is 19.2. The molecule has 3 fully saturated rings. The summed E-state index contributed by atoms with van der Waals surface area (Å²) < 4.78 is 38.0. The highest BCUT2D eigenvalue weighted by Gasteiger charge is 2.53. The van der Waals surface area contributed by atoms with Gasteiger partial charge < -0.3 is 53.7 Å². The highest BCUT2D eigenvalue weighted by Crippen LogP contribution is 2.42. The van der Waals surface area contributed by atoms with Gasteiger partial charge >= 0.3 is 5.97 Å². The maximum Gasteiger partial charge on any atom is 0.311 e. The molecular weight excluding hydrogens is 674 g/mol. The number of ketones is 1. The van der Waals surface area contributed by atoms with E-state index in [1.165, 1.54) is 14.0 Å². The number of ether oxygens (including phenoxy) is 6. The van der Waals surface area contributed by atoms with Gasteiger partial charge in [0.2, 0.25) is 0 Å². The average molecular weight is 746 g/mol. The van der Waals surface area contributed by atoms with Crippen LogP contribution in [0.4, 0.5) is 0 Å². The summed E-state index contributed by atoms with van der Waals surface area (Å²) in [4.78, 5) is 30.2. The van der Waals surface area contributed by atoms with Crippen LogP contribution in [-0.2, 0) is 38.0 Å². The molecule has 3 aliphatic rings. The van der Waals surface area contributed by atoms with Gasteiger partial charge in [-0.15, -0.1) is 0 Å². The Balaban J connectivity index is 2.22. The molecule has 2 heterocycles. The van der Waals surface area contributed by atoms with Gasteiger partial charge in [0.15, 0.2) is 6.29 Å². The minimum Gasteiger partial charge on any atom is -0.459 e. The number of Topliss-reactive ketones (excluding diaryl/α,β-unsaturated/α-hetero) is 1. The molecule has 18 atom stereocenters. The van der Waals surface area contributed by atoms with Crippen molar-refractivity contribution >= 4 is 11.8 Å². The van der Waals surface area contributed by atoms with Gasteiger partial charge in [-0.05, 0) is 80.3 Å². The number of aliphatic hydroxyl groups is 4. The predicted molar refractivity (Wildman–Crippen MR) is 194 cm³/mol. The Morgan fingerprint density at radius 3 is 1.98 bits per heavy atom. The third kappa shape index (κ3) is 9.39. The zero-order valence-electron chi connectivity index (χ0n) is 34.2. The lowest BCUT2D eigenvalue weighted by Gasteiger charge is -2.50. The van der Waals surface area contributed by atoms with Gasteiger partial charge in [0.05, 0.1) is 53.7 Å². The minimum absolute atomic E-state index is 0.151. The topological polar surface area (TPSA) is 174 Å². The number of rotatable bonds is 8. The second-order valence-electron chi connectivity index (χ2n) is 17.2. The lowest BCUT2D eigenvalue weighted by molar-refractivity contribution is -0.303. The van der Waals surface area contributed by atoms with Crippen LogP contribution in [0.2, 0.25) is 0 Å². The Morgan fingerprint density at radius 2 is 1.44 bits per heavy atom. The SMILES string of the molecule is CC[C@H]1OC(=O)[C@H](C)[C@@H](O[C@H]2C[C@@](C)(OC)[C@@H](O)[C@H](C)O2)[C@H](C)[C@@H](O[C@@H]2C[C@H](C)C[C@H](N(C)C)[C@H]2O)[C@](C)(OC)C[C@@H](C)C(=O)[C@H](C)[C@@H](O)[C@]1(C)O.